The predicted molar refractivity (Wildman–Crippen MR) is 145 cm³/mol. The molecule has 0 bridgehead atoms. The number of anilines is 1. The number of allylic oxidation sites excluding steroid dienone is 1. The van der Waals surface area contributed by atoms with Crippen LogP contribution in [-0.4, -0.2) is 32.1 Å². The van der Waals surface area contributed by atoms with Gasteiger partial charge in [0.2, 0.25) is 5.91 Å². The van der Waals surface area contributed by atoms with E-state index in [4.69, 9.17) is 0 Å². The van der Waals surface area contributed by atoms with Gasteiger partial charge >= 0.3 is 0 Å². The lowest BCUT2D eigenvalue weighted by Crippen LogP contribution is -2.40. The van der Waals surface area contributed by atoms with Gasteiger partial charge in [0.1, 0.15) is 6.29 Å². The van der Waals surface area contributed by atoms with Gasteiger partial charge in [0.15, 0.2) is 6.23 Å². The molecule has 37 heavy (non-hydrogen) atoms. The maximum atomic E-state index is 13.7. The second-order valence-corrected chi connectivity index (χ2v) is 9.55. The SMILES string of the molecule is Cn1ncc2cc(-c3ccc(C(O)N(C(=O)C4CCCCC4)c4cncc(/C=C/C=O)c4)cc3)ccc21. The number of hydrogen-bond acceptors (Lipinski definition) is 5. The van der Waals surface area contributed by atoms with Crippen LogP contribution in [0.2, 0.25) is 0 Å². The molecule has 1 aliphatic carbocycles. The molecule has 2 heterocycles. The van der Waals surface area contributed by atoms with Crippen molar-refractivity contribution in [2.75, 3.05) is 4.90 Å². The molecule has 1 amide bonds. The number of rotatable bonds is 7. The Kier molecular flexibility index (Phi) is 7.23. The predicted octanol–water partition coefficient (Wildman–Crippen LogP) is 5.45. The number of aliphatic hydroxyl groups excluding tert-OH is 1. The summed E-state index contributed by atoms with van der Waals surface area (Å²) < 4.78 is 1.84. The number of nitrogens with zero attached hydrogens (tertiary/aromatic N) is 4. The van der Waals surface area contributed by atoms with E-state index < -0.39 is 6.23 Å². The van der Waals surface area contributed by atoms with Crippen molar-refractivity contribution in [3.63, 3.8) is 0 Å². The molecule has 0 saturated heterocycles. The van der Waals surface area contributed by atoms with Gasteiger partial charge in [0.25, 0.3) is 0 Å². The molecular formula is C30H30N4O3. The smallest absolute Gasteiger partial charge is 0.232 e. The zero-order valence-electron chi connectivity index (χ0n) is 20.8. The van der Waals surface area contributed by atoms with Gasteiger partial charge < -0.3 is 5.11 Å². The Morgan fingerprint density at radius 1 is 1.03 bits per heavy atom. The third kappa shape index (κ3) is 5.22. The lowest BCUT2D eigenvalue weighted by molar-refractivity contribution is -0.125. The first-order valence-corrected chi connectivity index (χ1v) is 12.7. The van der Waals surface area contributed by atoms with Crippen LogP contribution in [0.1, 0.15) is 49.5 Å². The largest absolute Gasteiger partial charge is 0.369 e. The molecule has 1 atom stereocenters. The highest BCUT2D eigenvalue weighted by molar-refractivity contribution is 5.96. The van der Waals surface area contributed by atoms with Crippen molar-refractivity contribution < 1.29 is 14.7 Å². The van der Waals surface area contributed by atoms with E-state index in [2.05, 4.69) is 22.2 Å². The van der Waals surface area contributed by atoms with Crippen LogP contribution >= 0.6 is 0 Å². The number of aryl methyl sites for hydroxylation is 1. The molecule has 7 heteroatoms. The molecule has 1 saturated carbocycles. The van der Waals surface area contributed by atoms with Gasteiger partial charge in [-0.05, 0) is 53.8 Å². The zero-order valence-corrected chi connectivity index (χ0v) is 20.8. The van der Waals surface area contributed by atoms with Gasteiger partial charge in [-0.3, -0.25) is 24.2 Å². The van der Waals surface area contributed by atoms with E-state index in [-0.39, 0.29) is 11.8 Å². The molecule has 0 radical (unpaired) electrons. The molecule has 188 valence electrons. The van der Waals surface area contributed by atoms with Crippen LogP contribution < -0.4 is 4.90 Å². The van der Waals surface area contributed by atoms with Gasteiger partial charge in [-0.2, -0.15) is 5.10 Å². The summed E-state index contributed by atoms with van der Waals surface area (Å²) in [6, 6.07) is 15.6. The molecule has 1 aliphatic rings. The lowest BCUT2D eigenvalue weighted by Gasteiger charge is -2.33. The molecule has 5 rings (SSSR count). The molecule has 2 aromatic heterocycles. The van der Waals surface area contributed by atoms with Crippen molar-refractivity contribution in [2.45, 2.75) is 38.3 Å². The van der Waals surface area contributed by atoms with Crippen LogP contribution in [0, 0.1) is 5.92 Å². The highest BCUT2D eigenvalue weighted by atomic mass is 16.3. The Morgan fingerprint density at radius 3 is 2.54 bits per heavy atom. The molecule has 7 nitrogen and oxygen atoms in total. The van der Waals surface area contributed by atoms with Gasteiger partial charge in [0.05, 0.1) is 23.6 Å². The van der Waals surface area contributed by atoms with E-state index in [1.165, 1.54) is 11.0 Å². The second-order valence-electron chi connectivity index (χ2n) is 9.55. The van der Waals surface area contributed by atoms with Crippen molar-refractivity contribution in [1.82, 2.24) is 14.8 Å². The number of aromatic nitrogens is 3. The van der Waals surface area contributed by atoms with E-state index in [0.717, 1.165) is 54.1 Å². The van der Waals surface area contributed by atoms with E-state index >= 15 is 0 Å². The summed E-state index contributed by atoms with van der Waals surface area (Å²) in [5.41, 5.74) is 4.92. The van der Waals surface area contributed by atoms with Crippen molar-refractivity contribution in [2.24, 2.45) is 13.0 Å². The minimum atomic E-state index is -1.17. The lowest BCUT2D eigenvalue weighted by atomic mass is 9.88. The Labute approximate surface area is 216 Å². The highest BCUT2D eigenvalue weighted by Gasteiger charge is 2.32. The molecule has 0 spiro atoms. The normalized spacial score (nSPS) is 15.2. The first kappa shape index (κ1) is 24.6. The van der Waals surface area contributed by atoms with Crippen molar-refractivity contribution in [1.29, 1.82) is 0 Å². The van der Waals surface area contributed by atoms with Crippen molar-refractivity contribution in [3.8, 4) is 11.1 Å². The summed E-state index contributed by atoms with van der Waals surface area (Å²) in [5, 5.41) is 16.9. The van der Waals surface area contributed by atoms with Gasteiger partial charge in [-0.1, -0.05) is 55.7 Å². The van der Waals surface area contributed by atoms with Crippen LogP contribution in [-0.2, 0) is 16.6 Å². The third-order valence-electron chi connectivity index (χ3n) is 7.12. The van der Waals surface area contributed by atoms with Crippen LogP contribution in [0.5, 0.6) is 0 Å². The highest BCUT2D eigenvalue weighted by Crippen LogP contribution is 2.33. The van der Waals surface area contributed by atoms with Crippen LogP contribution in [0.15, 0.2) is 73.2 Å². The van der Waals surface area contributed by atoms with Crippen LogP contribution in [0.3, 0.4) is 0 Å². The number of amides is 1. The van der Waals surface area contributed by atoms with Crippen molar-refractivity contribution in [3.05, 3.63) is 84.3 Å². The second kappa shape index (κ2) is 10.9. The van der Waals surface area contributed by atoms with Gasteiger partial charge in [-0.15, -0.1) is 0 Å². The summed E-state index contributed by atoms with van der Waals surface area (Å²) in [6.07, 6.45) is 12.4. The number of carbonyl (C=O) groups excluding carboxylic acids is 2. The van der Waals surface area contributed by atoms with Crippen LogP contribution in [0.4, 0.5) is 5.69 Å². The number of aliphatic hydroxyl groups is 1. The number of benzene rings is 2. The van der Waals surface area contributed by atoms with Gasteiger partial charge in [-0.25, -0.2) is 0 Å². The molecular weight excluding hydrogens is 464 g/mol. The molecule has 1 fully saturated rings. The Bertz CT molecular complexity index is 1440. The summed E-state index contributed by atoms with van der Waals surface area (Å²) >= 11 is 0. The fraction of sp³-hybridized carbons (Fsp3) is 0.267. The quantitative estimate of drug-likeness (QED) is 0.210. The summed E-state index contributed by atoms with van der Waals surface area (Å²) in [7, 11) is 1.92. The monoisotopic (exact) mass is 494 g/mol. The average Bonchev–Trinajstić information content (AvgIpc) is 3.32. The fourth-order valence-corrected chi connectivity index (χ4v) is 5.09. The summed E-state index contributed by atoms with van der Waals surface area (Å²) in [6.45, 7) is 0. The van der Waals surface area contributed by atoms with Crippen LogP contribution in [0.25, 0.3) is 28.1 Å². The Balaban J connectivity index is 1.46. The maximum Gasteiger partial charge on any atom is 0.232 e. The summed E-state index contributed by atoms with van der Waals surface area (Å²) in [4.78, 5) is 30.2. The number of pyridine rings is 1. The van der Waals surface area contributed by atoms with E-state index in [1.807, 2.05) is 48.3 Å². The minimum Gasteiger partial charge on any atom is -0.369 e. The van der Waals surface area contributed by atoms with E-state index in [9.17, 15) is 14.7 Å². The molecule has 1 unspecified atom stereocenters. The summed E-state index contributed by atoms with van der Waals surface area (Å²) in [5.74, 6) is -0.236. The standard InChI is InChI=1S/C30H30N4O3/c1-33-28-14-13-25(17-26(28)19-32-33)22-9-11-24(12-10-22)30(37)34(29(36)23-7-3-2-4-8-23)27-16-21(6-5-15-35)18-31-20-27/h5-6,9-20,23,30,37H,2-4,7-8H2,1H3/b6-5+. The van der Waals surface area contributed by atoms with E-state index in [1.54, 1.807) is 24.5 Å². The first-order valence-electron chi connectivity index (χ1n) is 12.7. The van der Waals surface area contributed by atoms with Crippen molar-refractivity contribution >= 4 is 34.9 Å². The maximum absolute atomic E-state index is 13.7. The Morgan fingerprint density at radius 2 is 1.78 bits per heavy atom. The first-order chi connectivity index (χ1) is 18.0. The van der Waals surface area contributed by atoms with E-state index in [0.29, 0.717) is 23.1 Å². The number of fused-ring (bicyclic) bond motifs is 1. The molecule has 1 N–H and O–H groups in total. The molecule has 0 aliphatic heterocycles. The number of hydrogen-bond donors (Lipinski definition) is 1. The third-order valence-corrected chi connectivity index (χ3v) is 7.12. The topological polar surface area (TPSA) is 88.3 Å². The average molecular weight is 495 g/mol. The molecule has 2 aromatic carbocycles. The Hall–Kier alpha value is -4.10. The molecule has 4 aromatic rings. The van der Waals surface area contributed by atoms with Gasteiger partial charge in [0, 0.05) is 30.1 Å². The zero-order chi connectivity index (χ0) is 25.8. The minimum absolute atomic E-state index is 0.100. The fourth-order valence-electron chi connectivity index (χ4n) is 5.09. The number of carbonyl (C=O) groups is 2. The number of aldehydes is 1.